The highest BCUT2D eigenvalue weighted by Crippen LogP contribution is 2.17. The number of hydrogen-bond acceptors (Lipinski definition) is 5. The number of nitrogens with zero attached hydrogens (tertiary/aromatic N) is 3. The van der Waals surface area contributed by atoms with Gasteiger partial charge in [-0.15, -0.1) is 0 Å². The monoisotopic (exact) mass is 391 g/mol. The highest BCUT2D eigenvalue weighted by Gasteiger charge is 2.06. The summed E-state index contributed by atoms with van der Waals surface area (Å²) in [6.07, 6.45) is 6.69. The Morgan fingerprint density at radius 2 is 2.03 bits per heavy atom. The van der Waals surface area contributed by atoms with Crippen molar-refractivity contribution in [2.45, 2.75) is 26.2 Å². The van der Waals surface area contributed by atoms with Gasteiger partial charge in [0.2, 0.25) is 5.91 Å². The first-order valence-corrected chi connectivity index (χ1v) is 9.66. The Morgan fingerprint density at radius 3 is 2.79 bits per heavy atom. The average molecular weight is 391 g/mol. The largest absolute Gasteiger partial charge is 0.370 e. The van der Waals surface area contributed by atoms with Gasteiger partial charge in [0.1, 0.15) is 12.1 Å². The molecule has 29 heavy (non-hydrogen) atoms. The third-order valence-electron chi connectivity index (χ3n) is 4.48. The predicted octanol–water partition coefficient (Wildman–Crippen LogP) is 3.00. The summed E-state index contributed by atoms with van der Waals surface area (Å²) in [7, 11) is 0. The molecular formula is C22H25N5O2. The molecule has 2 aromatic heterocycles. The maximum Gasteiger partial charge on any atom is 0.265 e. The number of nitrogens with one attached hydrogen (secondary N) is 2. The van der Waals surface area contributed by atoms with E-state index in [0.717, 1.165) is 17.8 Å². The molecule has 3 rings (SSSR count). The van der Waals surface area contributed by atoms with E-state index >= 15 is 0 Å². The van der Waals surface area contributed by atoms with Crippen LogP contribution >= 0.6 is 0 Å². The van der Waals surface area contributed by atoms with E-state index in [4.69, 9.17) is 0 Å². The van der Waals surface area contributed by atoms with Crippen molar-refractivity contribution < 1.29 is 4.79 Å². The van der Waals surface area contributed by atoms with Crippen LogP contribution < -0.4 is 16.2 Å². The molecule has 1 aromatic carbocycles. The molecule has 2 N–H and O–H groups in total. The number of hydrogen-bond donors (Lipinski definition) is 2. The average Bonchev–Trinajstić information content (AvgIpc) is 2.73. The standard InChI is InChI=1S/C22H25N5O2/c1-16(2)17-7-8-19-18(14-17)22(29)27(15-26-19)13-9-21(28)25-12-5-11-24-20-6-3-4-10-23-20/h3-4,6-10,13-16H,5,11-12H2,1-2H3,(H,23,24)(H,25,28). The molecule has 0 fully saturated rings. The van der Waals surface area contributed by atoms with E-state index in [9.17, 15) is 9.59 Å². The van der Waals surface area contributed by atoms with Gasteiger partial charge in [-0.1, -0.05) is 26.0 Å². The molecular weight excluding hydrogens is 366 g/mol. The van der Waals surface area contributed by atoms with Crippen LogP contribution in [0.15, 0.2) is 59.8 Å². The highest BCUT2D eigenvalue weighted by atomic mass is 16.1. The molecule has 0 aliphatic rings. The molecule has 2 heterocycles. The lowest BCUT2D eigenvalue weighted by Gasteiger charge is -2.07. The minimum Gasteiger partial charge on any atom is -0.370 e. The van der Waals surface area contributed by atoms with Gasteiger partial charge >= 0.3 is 0 Å². The van der Waals surface area contributed by atoms with E-state index in [2.05, 4.69) is 34.4 Å². The zero-order chi connectivity index (χ0) is 20.6. The second-order valence-electron chi connectivity index (χ2n) is 6.99. The number of rotatable bonds is 8. The number of benzene rings is 1. The van der Waals surface area contributed by atoms with Crippen molar-refractivity contribution in [2.75, 3.05) is 18.4 Å². The molecule has 1 amide bonds. The van der Waals surface area contributed by atoms with Crippen molar-refractivity contribution in [1.82, 2.24) is 19.9 Å². The fraction of sp³-hybridized carbons (Fsp3) is 0.273. The Kier molecular flexibility index (Phi) is 6.73. The molecule has 3 aromatic rings. The molecule has 150 valence electrons. The van der Waals surface area contributed by atoms with Crippen LogP contribution in [0.3, 0.4) is 0 Å². The van der Waals surface area contributed by atoms with Gasteiger partial charge in [0.05, 0.1) is 10.9 Å². The summed E-state index contributed by atoms with van der Waals surface area (Å²) in [5, 5.41) is 6.52. The lowest BCUT2D eigenvalue weighted by atomic mass is 10.0. The van der Waals surface area contributed by atoms with Crippen LogP contribution in [0.4, 0.5) is 5.82 Å². The maximum absolute atomic E-state index is 12.7. The van der Waals surface area contributed by atoms with Crippen molar-refractivity contribution in [3.63, 3.8) is 0 Å². The molecule has 0 bridgehead atoms. The summed E-state index contributed by atoms with van der Waals surface area (Å²) in [6, 6.07) is 11.4. The van der Waals surface area contributed by atoms with Gasteiger partial charge in [-0.2, -0.15) is 0 Å². The fourth-order valence-corrected chi connectivity index (χ4v) is 2.81. The molecule has 0 aliphatic carbocycles. The first kappa shape index (κ1) is 20.3. The summed E-state index contributed by atoms with van der Waals surface area (Å²) >= 11 is 0. The van der Waals surface area contributed by atoms with Crippen LogP contribution in [-0.4, -0.2) is 33.5 Å². The van der Waals surface area contributed by atoms with Gasteiger partial charge in [-0.25, -0.2) is 9.97 Å². The van der Waals surface area contributed by atoms with E-state index in [-0.39, 0.29) is 11.5 Å². The minimum absolute atomic E-state index is 0.193. The number of carbonyl (C=O) groups excluding carboxylic acids is 1. The van der Waals surface area contributed by atoms with Gasteiger partial charge in [0, 0.05) is 31.6 Å². The Labute approximate surface area is 169 Å². The minimum atomic E-state index is -0.259. The van der Waals surface area contributed by atoms with E-state index < -0.39 is 0 Å². The molecule has 0 saturated carbocycles. The van der Waals surface area contributed by atoms with Crippen LogP contribution in [0, 0.1) is 0 Å². The van der Waals surface area contributed by atoms with Crippen molar-refractivity contribution in [3.8, 4) is 0 Å². The van der Waals surface area contributed by atoms with Crippen LogP contribution in [0.25, 0.3) is 17.1 Å². The lowest BCUT2D eigenvalue weighted by Crippen LogP contribution is -2.24. The number of fused-ring (bicyclic) bond motifs is 1. The number of pyridine rings is 1. The summed E-state index contributed by atoms with van der Waals surface area (Å²) in [6.45, 7) is 5.37. The maximum atomic E-state index is 12.7. The highest BCUT2D eigenvalue weighted by molar-refractivity contribution is 5.90. The zero-order valence-electron chi connectivity index (χ0n) is 16.6. The first-order valence-electron chi connectivity index (χ1n) is 9.66. The van der Waals surface area contributed by atoms with E-state index in [1.165, 1.54) is 23.2 Å². The number of carbonyl (C=O) groups is 1. The molecule has 7 nitrogen and oxygen atoms in total. The quantitative estimate of drug-likeness (QED) is 0.455. The Hall–Kier alpha value is -3.48. The van der Waals surface area contributed by atoms with Crippen LogP contribution in [0.5, 0.6) is 0 Å². The summed E-state index contributed by atoms with van der Waals surface area (Å²) < 4.78 is 1.33. The smallest absolute Gasteiger partial charge is 0.265 e. The molecule has 7 heteroatoms. The summed E-state index contributed by atoms with van der Waals surface area (Å²) in [5.41, 5.74) is 1.53. The fourth-order valence-electron chi connectivity index (χ4n) is 2.81. The van der Waals surface area contributed by atoms with Gasteiger partial charge in [-0.05, 0) is 42.2 Å². The normalized spacial score (nSPS) is 11.3. The zero-order valence-corrected chi connectivity index (χ0v) is 16.6. The molecule has 0 aliphatic heterocycles. The molecule has 0 radical (unpaired) electrons. The van der Waals surface area contributed by atoms with Crippen molar-refractivity contribution >= 4 is 28.8 Å². The van der Waals surface area contributed by atoms with Gasteiger partial charge < -0.3 is 10.6 Å². The third-order valence-corrected chi connectivity index (χ3v) is 4.48. The molecule has 0 unspecified atom stereocenters. The first-order chi connectivity index (χ1) is 14.0. The van der Waals surface area contributed by atoms with Crippen molar-refractivity contribution in [1.29, 1.82) is 0 Å². The Balaban J connectivity index is 1.54. The summed E-state index contributed by atoms with van der Waals surface area (Å²) in [5.74, 6) is 0.870. The van der Waals surface area contributed by atoms with E-state index in [1.807, 2.05) is 36.4 Å². The van der Waals surface area contributed by atoms with Gasteiger partial charge in [0.15, 0.2) is 0 Å². The predicted molar refractivity (Wildman–Crippen MR) is 116 cm³/mol. The van der Waals surface area contributed by atoms with Crippen LogP contribution in [0.2, 0.25) is 0 Å². The van der Waals surface area contributed by atoms with Crippen molar-refractivity contribution in [2.24, 2.45) is 0 Å². The van der Waals surface area contributed by atoms with Crippen LogP contribution in [0.1, 0.15) is 31.7 Å². The number of aromatic nitrogens is 3. The molecule has 0 saturated heterocycles. The SMILES string of the molecule is CC(C)c1ccc2ncn(C=CC(=O)NCCCNc3ccccn3)c(=O)c2c1. The van der Waals surface area contributed by atoms with Gasteiger partial charge in [0.25, 0.3) is 5.56 Å². The number of anilines is 1. The molecule has 0 spiro atoms. The Morgan fingerprint density at radius 1 is 1.17 bits per heavy atom. The van der Waals surface area contributed by atoms with Crippen LogP contribution in [-0.2, 0) is 4.79 Å². The van der Waals surface area contributed by atoms with E-state index in [1.54, 1.807) is 6.20 Å². The summed E-state index contributed by atoms with van der Waals surface area (Å²) in [4.78, 5) is 33.1. The Bertz CT molecular complexity index is 1060. The second kappa shape index (κ2) is 9.64. The van der Waals surface area contributed by atoms with Gasteiger partial charge in [-0.3, -0.25) is 14.2 Å². The van der Waals surface area contributed by atoms with Crippen molar-refractivity contribution in [3.05, 3.63) is 70.9 Å². The number of amides is 1. The van der Waals surface area contributed by atoms with E-state index in [0.29, 0.717) is 29.9 Å². The molecule has 0 atom stereocenters. The third kappa shape index (κ3) is 5.51. The topological polar surface area (TPSA) is 88.9 Å². The second-order valence-corrected chi connectivity index (χ2v) is 6.99. The lowest BCUT2D eigenvalue weighted by molar-refractivity contribution is -0.116.